The molecular weight excluding hydrogens is 381 g/mol. The molecule has 0 spiro atoms. The predicted molar refractivity (Wildman–Crippen MR) is 91.1 cm³/mol. The lowest BCUT2D eigenvalue weighted by atomic mass is 10.3. The molecule has 8 nitrogen and oxygen atoms in total. The Bertz CT molecular complexity index is 695. The molecule has 2 rings (SSSR count). The van der Waals surface area contributed by atoms with E-state index in [-0.39, 0.29) is 13.2 Å². The van der Waals surface area contributed by atoms with Gasteiger partial charge in [-0.25, -0.2) is 9.48 Å². The second-order valence-corrected chi connectivity index (χ2v) is 7.30. The highest BCUT2D eigenvalue weighted by Gasteiger charge is 2.23. The van der Waals surface area contributed by atoms with Crippen molar-refractivity contribution < 1.29 is 14.6 Å². The molecule has 0 aliphatic rings. The molecule has 24 heavy (non-hydrogen) atoms. The maximum atomic E-state index is 11.8. The molecule has 2 aromatic heterocycles. The molecule has 0 saturated heterocycles. The summed E-state index contributed by atoms with van der Waals surface area (Å²) in [6, 6.07) is 1.71. The van der Waals surface area contributed by atoms with Gasteiger partial charge < -0.3 is 9.84 Å². The van der Waals surface area contributed by atoms with Crippen LogP contribution in [-0.2, 0) is 17.7 Å². The molecule has 2 heterocycles. The Hall–Kier alpha value is -1.48. The van der Waals surface area contributed by atoms with Crippen molar-refractivity contribution >= 4 is 46.7 Å². The van der Waals surface area contributed by atoms with Crippen molar-refractivity contribution in [1.29, 1.82) is 0 Å². The third kappa shape index (κ3) is 5.27. The number of nitrogens with one attached hydrogen (secondary N) is 1. The smallest absolute Gasteiger partial charge is 0.412 e. The van der Waals surface area contributed by atoms with Crippen LogP contribution in [-0.4, -0.2) is 47.8 Å². The number of ether oxygens (including phenoxy) is 1. The lowest BCUT2D eigenvalue weighted by Gasteiger charge is -2.12. The van der Waals surface area contributed by atoms with Gasteiger partial charge in [-0.1, -0.05) is 41.7 Å². The molecule has 2 N–H and O–H groups in total. The summed E-state index contributed by atoms with van der Waals surface area (Å²) in [5, 5.41) is 20.0. The first-order valence-corrected chi connectivity index (χ1v) is 8.19. The molecule has 0 saturated carbocycles. The number of carbonyl (C=O) groups excluding carboxylic acids is 1. The largest absolute Gasteiger partial charge is 0.445 e. The van der Waals surface area contributed by atoms with Crippen molar-refractivity contribution in [2.24, 2.45) is 0 Å². The van der Waals surface area contributed by atoms with E-state index in [0.29, 0.717) is 24.5 Å². The second-order valence-electron chi connectivity index (χ2n) is 4.79. The number of anilines is 1. The van der Waals surface area contributed by atoms with Crippen LogP contribution in [0.2, 0.25) is 0 Å². The quantitative estimate of drug-likeness (QED) is 0.732. The summed E-state index contributed by atoms with van der Waals surface area (Å²) in [6.07, 6.45) is 3.17. The van der Waals surface area contributed by atoms with E-state index in [1.807, 2.05) is 6.92 Å². The summed E-state index contributed by atoms with van der Waals surface area (Å²) in [6.45, 7) is 1.88. The summed E-state index contributed by atoms with van der Waals surface area (Å²) in [4.78, 5) is 11.8. The first-order valence-electron chi connectivity index (χ1n) is 7.05. The van der Waals surface area contributed by atoms with Crippen molar-refractivity contribution in [2.75, 3.05) is 18.5 Å². The lowest BCUT2D eigenvalue weighted by molar-refractivity contribution is 0.163. The molecule has 11 heteroatoms. The van der Waals surface area contributed by atoms with E-state index < -0.39 is 9.89 Å². The van der Waals surface area contributed by atoms with Crippen LogP contribution in [0.3, 0.4) is 0 Å². The first kappa shape index (κ1) is 18.9. The number of rotatable bonds is 6. The molecule has 2 aromatic rings. The fraction of sp³-hybridized carbons (Fsp3) is 0.462. The van der Waals surface area contributed by atoms with Crippen molar-refractivity contribution in [3.05, 3.63) is 24.2 Å². The minimum absolute atomic E-state index is 0.0328. The number of hydrogen-bond acceptors (Lipinski definition) is 5. The van der Waals surface area contributed by atoms with Gasteiger partial charge >= 0.3 is 6.09 Å². The number of aliphatic hydroxyl groups is 1. The van der Waals surface area contributed by atoms with Gasteiger partial charge in [0.05, 0.1) is 31.2 Å². The lowest BCUT2D eigenvalue weighted by Crippen LogP contribution is -2.22. The Labute approximate surface area is 153 Å². The average Bonchev–Trinajstić information content (AvgIpc) is 3.11. The molecular formula is C13H16Cl3N5O3. The number of alkyl halides is 3. The minimum atomic E-state index is -1.68. The van der Waals surface area contributed by atoms with Gasteiger partial charge in [0.25, 0.3) is 0 Å². The fourth-order valence-corrected chi connectivity index (χ4v) is 2.03. The van der Waals surface area contributed by atoms with Crippen molar-refractivity contribution in [3.63, 3.8) is 0 Å². The number of nitrogens with zero attached hydrogens (tertiary/aromatic N) is 4. The molecule has 0 radical (unpaired) electrons. The Kier molecular flexibility index (Phi) is 6.34. The summed E-state index contributed by atoms with van der Waals surface area (Å²) < 4.78 is 6.24. The van der Waals surface area contributed by atoms with E-state index in [0.717, 1.165) is 5.69 Å². The number of hydrogen-bond donors (Lipinski definition) is 2. The molecule has 0 atom stereocenters. The third-order valence-corrected chi connectivity index (χ3v) is 3.24. The van der Waals surface area contributed by atoms with E-state index in [4.69, 9.17) is 44.6 Å². The van der Waals surface area contributed by atoms with E-state index >= 15 is 0 Å². The number of aliphatic hydroxyl groups excluding tert-OH is 1. The Balaban J connectivity index is 2.16. The molecule has 0 aromatic carbocycles. The van der Waals surface area contributed by atoms with Gasteiger partial charge in [-0.2, -0.15) is 10.2 Å². The van der Waals surface area contributed by atoms with E-state index in [1.165, 1.54) is 4.68 Å². The van der Waals surface area contributed by atoms with Crippen LogP contribution >= 0.6 is 34.8 Å². The summed E-state index contributed by atoms with van der Waals surface area (Å²) >= 11 is 16.6. The van der Waals surface area contributed by atoms with Crippen LogP contribution < -0.4 is 5.32 Å². The fourth-order valence-electron chi connectivity index (χ4n) is 1.86. The zero-order valence-corrected chi connectivity index (χ0v) is 15.0. The van der Waals surface area contributed by atoms with E-state index in [2.05, 4.69) is 15.5 Å². The van der Waals surface area contributed by atoms with Crippen molar-refractivity contribution in [3.8, 4) is 5.69 Å². The Morgan fingerprint density at radius 1 is 1.46 bits per heavy atom. The van der Waals surface area contributed by atoms with Gasteiger partial charge in [-0.05, 0) is 6.42 Å². The number of aryl methyl sites for hydroxylation is 1. The Morgan fingerprint density at radius 2 is 2.21 bits per heavy atom. The molecule has 0 bridgehead atoms. The monoisotopic (exact) mass is 395 g/mol. The van der Waals surface area contributed by atoms with Crippen LogP contribution in [0.1, 0.15) is 12.6 Å². The van der Waals surface area contributed by atoms with Gasteiger partial charge in [0, 0.05) is 6.07 Å². The maximum Gasteiger partial charge on any atom is 0.412 e. The van der Waals surface area contributed by atoms with Gasteiger partial charge in [0.1, 0.15) is 18.1 Å². The maximum absolute atomic E-state index is 11.8. The van der Waals surface area contributed by atoms with Crippen molar-refractivity contribution in [1.82, 2.24) is 19.6 Å². The average molecular weight is 397 g/mol. The molecule has 0 unspecified atom stereocenters. The van der Waals surface area contributed by atoms with Crippen LogP contribution in [0, 0.1) is 0 Å². The summed E-state index contributed by atoms with van der Waals surface area (Å²) in [5.41, 5.74) is 1.39. The molecule has 0 fully saturated rings. The topological polar surface area (TPSA) is 94.2 Å². The SMILES string of the molecule is CCc1cc(NC(=O)OCC(Cl)(Cl)Cl)n(-c2cnn(CCO)c2)n1. The molecule has 0 aliphatic heterocycles. The predicted octanol–water partition coefficient (Wildman–Crippen LogP) is 2.54. The number of amides is 1. The van der Waals surface area contributed by atoms with Crippen LogP contribution in [0.5, 0.6) is 0 Å². The number of halogens is 3. The molecule has 0 aliphatic carbocycles. The van der Waals surface area contributed by atoms with Gasteiger partial charge in [0.15, 0.2) is 0 Å². The zero-order chi connectivity index (χ0) is 17.7. The third-order valence-electron chi connectivity index (χ3n) is 2.91. The van der Waals surface area contributed by atoms with Crippen LogP contribution in [0.25, 0.3) is 5.69 Å². The standard InChI is InChI=1S/C13H16Cl3N5O3/c1-2-9-5-11(18-12(23)24-8-13(14,15)16)21(19-9)10-6-17-20(7-10)3-4-22/h5-7,22H,2-4,8H2,1H3,(H,18,23). The van der Waals surface area contributed by atoms with Crippen LogP contribution in [0.4, 0.5) is 10.6 Å². The highest BCUT2D eigenvalue weighted by Crippen LogP contribution is 2.26. The second kappa shape index (κ2) is 8.06. The van der Waals surface area contributed by atoms with Gasteiger partial charge in [-0.3, -0.25) is 10.00 Å². The van der Waals surface area contributed by atoms with Gasteiger partial charge in [-0.15, -0.1) is 0 Å². The van der Waals surface area contributed by atoms with E-state index in [9.17, 15) is 4.79 Å². The van der Waals surface area contributed by atoms with Crippen LogP contribution in [0.15, 0.2) is 18.5 Å². The highest BCUT2D eigenvalue weighted by molar-refractivity contribution is 6.67. The minimum Gasteiger partial charge on any atom is -0.445 e. The number of carbonyl (C=O) groups is 1. The summed E-state index contributed by atoms with van der Waals surface area (Å²) in [7, 11) is 0. The molecule has 132 valence electrons. The van der Waals surface area contributed by atoms with E-state index in [1.54, 1.807) is 23.1 Å². The zero-order valence-electron chi connectivity index (χ0n) is 12.7. The number of aromatic nitrogens is 4. The first-order chi connectivity index (χ1) is 11.3. The molecule has 1 amide bonds. The van der Waals surface area contributed by atoms with Gasteiger partial charge in [0.2, 0.25) is 3.79 Å². The Morgan fingerprint density at radius 3 is 2.83 bits per heavy atom. The van der Waals surface area contributed by atoms with Crippen molar-refractivity contribution in [2.45, 2.75) is 23.7 Å². The summed E-state index contributed by atoms with van der Waals surface area (Å²) in [5.74, 6) is 0.393. The normalized spacial score (nSPS) is 11.5. The highest BCUT2D eigenvalue weighted by atomic mass is 35.6.